The van der Waals surface area contributed by atoms with Gasteiger partial charge in [0.25, 0.3) is 0 Å². The molecule has 0 saturated heterocycles. The Morgan fingerprint density at radius 3 is 1.83 bits per heavy atom. The molecule has 116 valence electrons. The summed E-state index contributed by atoms with van der Waals surface area (Å²) in [5.41, 5.74) is 7.31. The number of aryl methyl sites for hydroxylation is 1. The van der Waals surface area contributed by atoms with Crippen molar-refractivity contribution in [1.82, 2.24) is 4.98 Å². The molecular weight excluding hydrogens is 290 g/mol. The highest BCUT2D eigenvalue weighted by Crippen LogP contribution is 2.29. The number of aromatic nitrogens is 1. The molecule has 4 aromatic rings. The van der Waals surface area contributed by atoms with Crippen LogP contribution in [0, 0.1) is 6.92 Å². The monoisotopic (exact) mass is 309 g/mol. The van der Waals surface area contributed by atoms with Gasteiger partial charge in [-0.15, -0.1) is 0 Å². The number of para-hydroxylation sites is 1. The van der Waals surface area contributed by atoms with E-state index >= 15 is 0 Å². The molecule has 1 heteroatoms. The minimum absolute atomic E-state index is 1.17. The van der Waals surface area contributed by atoms with Crippen LogP contribution in [0.5, 0.6) is 0 Å². The lowest BCUT2D eigenvalue weighted by Crippen LogP contribution is -1.88. The van der Waals surface area contributed by atoms with Gasteiger partial charge in [-0.1, -0.05) is 78.9 Å². The van der Waals surface area contributed by atoms with Gasteiger partial charge < -0.3 is 4.98 Å². The van der Waals surface area contributed by atoms with Crippen molar-refractivity contribution >= 4 is 22.6 Å². The zero-order chi connectivity index (χ0) is 16.4. The summed E-state index contributed by atoms with van der Waals surface area (Å²) >= 11 is 0. The molecule has 0 atom stereocenters. The second-order valence-corrected chi connectivity index (χ2v) is 6.00. The lowest BCUT2D eigenvalue weighted by molar-refractivity contribution is 1.38. The van der Waals surface area contributed by atoms with Crippen molar-refractivity contribution in [3.63, 3.8) is 0 Å². The number of fused-ring (bicyclic) bond motifs is 1. The minimum Gasteiger partial charge on any atom is -0.355 e. The van der Waals surface area contributed by atoms with Crippen molar-refractivity contribution in [2.24, 2.45) is 0 Å². The maximum absolute atomic E-state index is 3.56. The second kappa shape index (κ2) is 6.21. The third-order valence-corrected chi connectivity index (χ3v) is 4.46. The average molecular weight is 309 g/mol. The van der Waals surface area contributed by atoms with E-state index in [0.29, 0.717) is 0 Å². The van der Waals surface area contributed by atoms with E-state index in [1.54, 1.807) is 0 Å². The van der Waals surface area contributed by atoms with Crippen LogP contribution in [-0.2, 0) is 0 Å². The Kier molecular flexibility index (Phi) is 3.76. The van der Waals surface area contributed by atoms with E-state index in [4.69, 9.17) is 0 Å². The molecule has 24 heavy (non-hydrogen) atoms. The molecule has 1 aromatic heterocycles. The number of nitrogens with one attached hydrogen (secondary N) is 1. The van der Waals surface area contributed by atoms with Gasteiger partial charge in [0.05, 0.1) is 0 Å². The normalized spacial score (nSPS) is 10.7. The maximum Gasteiger partial charge on any atom is 0.0461 e. The van der Waals surface area contributed by atoms with Crippen molar-refractivity contribution in [2.45, 2.75) is 6.92 Å². The number of H-pyrrole nitrogens is 1. The Morgan fingerprint density at radius 1 is 0.708 bits per heavy atom. The topological polar surface area (TPSA) is 15.8 Å². The first-order valence-electron chi connectivity index (χ1n) is 8.23. The standard InChI is InChI=1S/C23H19N/c1-17-20-14-8-9-15-22(20)24-23(17)16-21(18-10-4-2-5-11-18)19-12-6-3-7-13-19/h2-16,24H,1H3. The summed E-state index contributed by atoms with van der Waals surface area (Å²) in [6.45, 7) is 2.18. The summed E-state index contributed by atoms with van der Waals surface area (Å²) in [6.07, 6.45) is 2.26. The predicted molar refractivity (Wildman–Crippen MR) is 103 cm³/mol. The molecule has 0 aliphatic rings. The highest BCUT2D eigenvalue weighted by Gasteiger charge is 2.09. The molecule has 0 aliphatic heterocycles. The molecule has 0 fully saturated rings. The van der Waals surface area contributed by atoms with Crippen LogP contribution in [0.1, 0.15) is 22.4 Å². The van der Waals surface area contributed by atoms with E-state index < -0.39 is 0 Å². The molecule has 3 aromatic carbocycles. The van der Waals surface area contributed by atoms with E-state index in [1.165, 1.54) is 38.9 Å². The molecule has 0 spiro atoms. The lowest BCUT2D eigenvalue weighted by atomic mass is 9.96. The molecule has 0 radical (unpaired) electrons. The average Bonchev–Trinajstić information content (AvgIpc) is 2.97. The number of rotatable bonds is 3. The number of benzene rings is 3. The van der Waals surface area contributed by atoms with Crippen LogP contribution in [-0.4, -0.2) is 4.98 Å². The van der Waals surface area contributed by atoms with Gasteiger partial charge in [0.15, 0.2) is 0 Å². The summed E-state index contributed by atoms with van der Waals surface area (Å²) in [6, 6.07) is 29.6. The van der Waals surface area contributed by atoms with Crippen molar-refractivity contribution in [3.05, 3.63) is 107 Å². The van der Waals surface area contributed by atoms with E-state index in [0.717, 1.165) is 0 Å². The maximum atomic E-state index is 3.56. The van der Waals surface area contributed by atoms with E-state index in [2.05, 4.69) is 103 Å². The molecule has 0 unspecified atom stereocenters. The van der Waals surface area contributed by atoms with E-state index in [1.807, 2.05) is 0 Å². The van der Waals surface area contributed by atoms with Gasteiger partial charge in [0.2, 0.25) is 0 Å². The number of aromatic amines is 1. The Bertz CT molecular complexity index is 951. The first kappa shape index (κ1) is 14.5. The number of hydrogen-bond donors (Lipinski definition) is 1. The molecular formula is C23H19N. The van der Waals surface area contributed by atoms with Crippen LogP contribution in [0.15, 0.2) is 84.9 Å². The van der Waals surface area contributed by atoms with E-state index in [-0.39, 0.29) is 0 Å². The van der Waals surface area contributed by atoms with Crippen molar-refractivity contribution < 1.29 is 0 Å². The summed E-state index contributed by atoms with van der Waals surface area (Å²) < 4.78 is 0. The second-order valence-electron chi connectivity index (χ2n) is 6.00. The Hall–Kier alpha value is -3.06. The van der Waals surface area contributed by atoms with E-state index in [9.17, 15) is 0 Å². The summed E-state index contributed by atoms with van der Waals surface area (Å²) in [4.78, 5) is 3.56. The van der Waals surface area contributed by atoms with Crippen LogP contribution < -0.4 is 0 Å². The molecule has 0 aliphatic carbocycles. The van der Waals surface area contributed by atoms with Gasteiger partial charge in [0.1, 0.15) is 0 Å². The van der Waals surface area contributed by atoms with Gasteiger partial charge in [0, 0.05) is 16.6 Å². The van der Waals surface area contributed by atoms with Crippen LogP contribution in [0.2, 0.25) is 0 Å². The minimum atomic E-state index is 1.17. The molecule has 4 rings (SSSR count). The first-order chi connectivity index (χ1) is 11.8. The van der Waals surface area contributed by atoms with Crippen molar-refractivity contribution in [3.8, 4) is 0 Å². The molecule has 1 N–H and O–H groups in total. The smallest absolute Gasteiger partial charge is 0.0461 e. The zero-order valence-electron chi connectivity index (χ0n) is 13.7. The summed E-state index contributed by atoms with van der Waals surface area (Å²) in [7, 11) is 0. The molecule has 1 heterocycles. The zero-order valence-corrected chi connectivity index (χ0v) is 13.7. The van der Waals surface area contributed by atoms with Gasteiger partial charge in [-0.05, 0) is 41.3 Å². The molecule has 0 saturated carbocycles. The fraction of sp³-hybridized carbons (Fsp3) is 0.0435. The largest absolute Gasteiger partial charge is 0.355 e. The number of hydrogen-bond acceptors (Lipinski definition) is 0. The fourth-order valence-corrected chi connectivity index (χ4v) is 3.16. The predicted octanol–water partition coefficient (Wildman–Crippen LogP) is 6.07. The lowest BCUT2D eigenvalue weighted by Gasteiger charge is -2.08. The van der Waals surface area contributed by atoms with Crippen molar-refractivity contribution in [1.29, 1.82) is 0 Å². The highest BCUT2D eigenvalue weighted by molar-refractivity contribution is 5.95. The molecule has 0 bridgehead atoms. The summed E-state index contributed by atoms with van der Waals surface area (Å²) in [5.74, 6) is 0. The fourth-order valence-electron chi connectivity index (χ4n) is 3.16. The summed E-state index contributed by atoms with van der Waals surface area (Å²) in [5, 5.41) is 1.28. The molecule has 0 amide bonds. The van der Waals surface area contributed by atoms with Crippen molar-refractivity contribution in [2.75, 3.05) is 0 Å². The van der Waals surface area contributed by atoms with Gasteiger partial charge >= 0.3 is 0 Å². The van der Waals surface area contributed by atoms with Crippen LogP contribution in [0.4, 0.5) is 0 Å². The third-order valence-electron chi connectivity index (χ3n) is 4.46. The van der Waals surface area contributed by atoms with Crippen LogP contribution >= 0.6 is 0 Å². The van der Waals surface area contributed by atoms with Gasteiger partial charge in [-0.2, -0.15) is 0 Å². The van der Waals surface area contributed by atoms with Crippen LogP contribution in [0.25, 0.3) is 22.6 Å². The first-order valence-corrected chi connectivity index (χ1v) is 8.23. The Balaban J connectivity index is 1.92. The molecule has 1 nitrogen and oxygen atoms in total. The Morgan fingerprint density at radius 2 is 1.25 bits per heavy atom. The van der Waals surface area contributed by atoms with Crippen LogP contribution in [0.3, 0.4) is 0 Å². The van der Waals surface area contributed by atoms with Gasteiger partial charge in [-0.25, -0.2) is 0 Å². The third kappa shape index (κ3) is 2.65. The Labute approximate surface area is 142 Å². The SMILES string of the molecule is Cc1c(C=C(c2ccccc2)c2ccccc2)[nH]c2ccccc12. The highest BCUT2D eigenvalue weighted by atomic mass is 14.7. The van der Waals surface area contributed by atoms with Gasteiger partial charge in [-0.3, -0.25) is 0 Å². The quantitative estimate of drug-likeness (QED) is 0.473.